The quantitative estimate of drug-likeness (QED) is 0.312. The lowest BCUT2D eigenvalue weighted by Crippen LogP contribution is -2.43. The van der Waals surface area contributed by atoms with Crippen LogP contribution in [0.4, 0.5) is 0 Å². The molecule has 1 atom stereocenters. The molecule has 228 valence electrons. The van der Waals surface area contributed by atoms with Crippen LogP contribution in [0.25, 0.3) is 17.0 Å². The number of halogens is 1. The number of rotatable bonds is 7. The minimum atomic E-state index is -0.647. The third kappa shape index (κ3) is 5.53. The second-order valence-corrected chi connectivity index (χ2v) is 12.3. The molecule has 0 N–H and O–H groups in total. The van der Waals surface area contributed by atoms with E-state index in [1.807, 2.05) is 78.9 Å². The highest BCUT2D eigenvalue weighted by atomic mass is 35.5. The van der Waals surface area contributed by atoms with Crippen molar-refractivity contribution >= 4 is 51.7 Å². The van der Waals surface area contributed by atoms with E-state index in [4.69, 9.17) is 21.3 Å². The average molecular weight is 632 g/mol. The minimum absolute atomic E-state index is 0.0313. The molecule has 9 nitrogen and oxygen atoms in total. The van der Waals surface area contributed by atoms with Gasteiger partial charge in [-0.15, -0.1) is 0 Å². The van der Waals surface area contributed by atoms with Gasteiger partial charge in [0, 0.05) is 53.9 Å². The second kappa shape index (κ2) is 12.6. The van der Waals surface area contributed by atoms with Gasteiger partial charge in [-0.1, -0.05) is 53.3 Å². The van der Waals surface area contributed by atoms with Crippen LogP contribution in [-0.4, -0.2) is 70.1 Å². The first-order valence-electron chi connectivity index (χ1n) is 14.8. The van der Waals surface area contributed by atoms with Gasteiger partial charge in [0.25, 0.3) is 11.5 Å². The summed E-state index contributed by atoms with van der Waals surface area (Å²) in [4.78, 5) is 50.0. The number of thiazole rings is 1. The van der Waals surface area contributed by atoms with E-state index in [1.165, 1.54) is 11.3 Å². The van der Waals surface area contributed by atoms with E-state index >= 15 is 0 Å². The number of fused-ring (bicyclic) bond motifs is 2. The molecule has 2 aromatic carbocycles. The monoisotopic (exact) mass is 631 g/mol. The van der Waals surface area contributed by atoms with Crippen molar-refractivity contribution in [3.8, 4) is 0 Å². The zero-order valence-electron chi connectivity index (χ0n) is 25.0. The lowest BCUT2D eigenvalue weighted by atomic mass is 9.94. The number of carbonyl (C=O) groups excluding carboxylic acids is 2. The zero-order chi connectivity index (χ0) is 31.0. The summed E-state index contributed by atoms with van der Waals surface area (Å²) in [6.07, 6.45) is 3.80. The molecule has 0 radical (unpaired) electrons. The van der Waals surface area contributed by atoms with E-state index in [2.05, 4.69) is 0 Å². The molecule has 4 aromatic rings. The number of hydrogen-bond acceptors (Lipinski definition) is 6. The number of ether oxygens (including phenoxy) is 1. The highest BCUT2D eigenvalue weighted by Gasteiger charge is 2.34. The second-order valence-electron chi connectivity index (χ2n) is 10.8. The molecule has 0 saturated carbocycles. The molecule has 4 heterocycles. The number of nitrogens with zero attached hydrogens (tertiary/aromatic N) is 5. The molecule has 1 saturated heterocycles. The standard InChI is InChI=1S/C33H34ClN5O4S/c1-4-36(5-2)32(42)29-21(3)35-33-39(30(29)22-10-12-24(34)13-11-22)31(41)27(44-33)18-23-19-38(26-9-7-6-8-25(23)26)20-28(40)37-14-16-43-17-15-37/h6-13,18-19,30H,4-5,14-17,20H2,1-3H3/b27-18-/t30-/m1/s1. The molecule has 6 rings (SSSR count). The number of para-hydroxylation sites is 1. The molecule has 0 bridgehead atoms. The van der Waals surface area contributed by atoms with E-state index in [0.29, 0.717) is 65.0 Å². The Bertz CT molecular complexity index is 1950. The first-order chi connectivity index (χ1) is 21.3. The fourth-order valence-electron chi connectivity index (χ4n) is 5.96. The molecule has 1 fully saturated rings. The van der Waals surface area contributed by atoms with Crippen molar-refractivity contribution in [2.75, 3.05) is 39.4 Å². The van der Waals surface area contributed by atoms with Crippen LogP contribution in [0, 0.1) is 0 Å². The van der Waals surface area contributed by atoms with Gasteiger partial charge in [0.1, 0.15) is 6.54 Å². The number of hydrogen-bond donors (Lipinski definition) is 0. The molecule has 11 heteroatoms. The largest absolute Gasteiger partial charge is 0.378 e. The summed E-state index contributed by atoms with van der Waals surface area (Å²) < 4.78 is 9.47. The number of benzene rings is 2. The molecular weight excluding hydrogens is 598 g/mol. The molecule has 0 spiro atoms. The van der Waals surface area contributed by atoms with Crippen LogP contribution >= 0.6 is 22.9 Å². The summed E-state index contributed by atoms with van der Waals surface area (Å²) in [6, 6.07) is 14.5. The van der Waals surface area contributed by atoms with Crippen LogP contribution in [-0.2, 0) is 20.9 Å². The number of morpholine rings is 1. The summed E-state index contributed by atoms with van der Waals surface area (Å²) in [7, 11) is 0. The van der Waals surface area contributed by atoms with E-state index < -0.39 is 6.04 Å². The van der Waals surface area contributed by atoms with Crippen molar-refractivity contribution in [3.05, 3.63) is 102 Å². The Morgan fingerprint density at radius 3 is 2.50 bits per heavy atom. The van der Waals surface area contributed by atoms with Crippen LogP contribution in [0.15, 0.2) is 75.8 Å². The maximum Gasteiger partial charge on any atom is 0.271 e. The first kappa shape index (κ1) is 30.1. The number of aromatic nitrogens is 2. The molecule has 0 aliphatic carbocycles. The number of likely N-dealkylation sites (N-methyl/N-ethyl adjacent to an activating group) is 1. The van der Waals surface area contributed by atoms with Crippen molar-refractivity contribution in [3.63, 3.8) is 0 Å². The molecule has 2 aliphatic rings. The van der Waals surface area contributed by atoms with E-state index in [0.717, 1.165) is 22.0 Å². The Morgan fingerprint density at radius 2 is 1.80 bits per heavy atom. The Morgan fingerprint density at radius 1 is 1.09 bits per heavy atom. The van der Waals surface area contributed by atoms with Gasteiger partial charge in [-0.2, -0.15) is 0 Å². The molecular formula is C33H34ClN5O4S. The Balaban J connectivity index is 1.47. The maximum atomic E-state index is 14.2. The lowest BCUT2D eigenvalue weighted by molar-refractivity contribution is -0.135. The molecule has 2 amide bonds. The zero-order valence-corrected chi connectivity index (χ0v) is 26.5. The van der Waals surface area contributed by atoms with Crippen LogP contribution in [0.1, 0.15) is 37.9 Å². The highest BCUT2D eigenvalue weighted by molar-refractivity contribution is 7.07. The van der Waals surface area contributed by atoms with Crippen molar-refractivity contribution in [2.45, 2.75) is 33.4 Å². The van der Waals surface area contributed by atoms with Crippen molar-refractivity contribution in [2.24, 2.45) is 4.99 Å². The summed E-state index contributed by atoms with van der Waals surface area (Å²) in [5, 5.41) is 1.51. The normalized spacial score (nSPS) is 17.1. The number of carbonyl (C=O) groups is 2. The van der Waals surface area contributed by atoms with Gasteiger partial charge in [-0.3, -0.25) is 19.0 Å². The van der Waals surface area contributed by atoms with Crippen LogP contribution in [0.3, 0.4) is 0 Å². The number of amides is 2. The molecule has 2 aromatic heterocycles. The van der Waals surface area contributed by atoms with E-state index in [1.54, 1.807) is 21.6 Å². The van der Waals surface area contributed by atoms with E-state index in [-0.39, 0.29) is 23.9 Å². The Labute approximate surface area is 263 Å². The van der Waals surface area contributed by atoms with Crippen molar-refractivity contribution < 1.29 is 14.3 Å². The van der Waals surface area contributed by atoms with Gasteiger partial charge in [0.2, 0.25) is 5.91 Å². The van der Waals surface area contributed by atoms with Crippen LogP contribution in [0.2, 0.25) is 5.02 Å². The average Bonchev–Trinajstić information content (AvgIpc) is 3.53. The van der Waals surface area contributed by atoms with Gasteiger partial charge in [0.05, 0.1) is 35.1 Å². The predicted molar refractivity (Wildman–Crippen MR) is 172 cm³/mol. The van der Waals surface area contributed by atoms with Crippen molar-refractivity contribution in [1.29, 1.82) is 0 Å². The van der Waals surface area contributed by atoms with Gasteiger partial charge in [-0.05, 0) is 50.6 Å². The van der Waals surface area contributed by atoms with Crippen LogP contribution in [0.5, 0.6) is 0 Å². The van der Waals surface area contributed by atoms with Crippen molar-refractivity contribution in [1.82, 2.24) is 18.9 Å². The molecule has 0 unspecified atom stereocenters. The Kier molecular flexibility index (Phi) is 8.57. The summed E-state index contributed by atoms with van der Waals surface area (Å²) in [6.45, 7) is 9.25. The van der Waals surface area contributed by atoms with E-state index in [9.17, 15) is 14.4 Å². The minimum Gasteiger partial charge on any atom is -0.378 e. The fraction of sp³-hybridized carbons (Fsp3) is 0.333. The molecule has 2 aliphatic heterocycles. The summed E-state index contributed by atoms with van der Waals surface area (Å²) in [5.74, 6) is -0.109. The third-order valence-electron chi connectivity index (χ3n) is 8.26. The molecule has 44 heavy (non-hydrogen) atoms. The van der Waals surface area contributed by atoms with Gasteiger partial charge < -0.3 is 19.1 Å². The Hall–Kier alpha value is -3.99. The smallest absolute Gasteiger partial charge is 0.271 e. The van der Waals surface area contributed by atoms with Crippen LogP contribution < -0.4 is 14.9 Å². The SMILES string of the molecule is CCN(CC)C(=O)C1=C(C)N=c2s/c(=C\c3cn(CC(=O)N4CCOCC4)c4ccccc34)c(=O)n2[C@@H]1c1ccc(Cl)cc1. The maximum absolute atomic E-state index is 14.2. The summed E-state index contributed by atoms with van der Waals surface area (Å²) in [5.41, 5.74) is 3.37. The number of allylic oxidation sites excluding steroid dienone is 1. The predicted octanol–water partition coefficient (Wildman–Crippen LogP) is 3.57. The highest BCUT2D eigenvalue weighted by Crippen LogP contribution is 2.32. The fourth-order valence-corrected chi connectivity index (χ4v) is 7.12. The van der Waals surface area contributed by atoms with Gasteiger partial charge >= 0.3 is 0 Å². The lowest BCUT2D eigenvalue weighted by Gasteiger charge is -2.29. The third-order valence-corrected chi connectivity index (χ3v) is 9.50. The topological polar surface area (TPSA) is 89.1 Å². The van der Waals surface area contributed by atoms with Gasteiger partial charge in [0.15, 0.2) is 4.80 Å². The van der Waals surface area contributed by atoms with Gasteiger partial charge in [-0.25, -0.2) is 4.99 Å². The first-order valence-corrected chi connectivity index (χ1v) is 16.0. The summed E-state index contributed by atoms with van der Waals surface area (Å²) >= 11 is 7.51.